The van der Waals surface area contributed by atoms with Crippen molar-refractivity contribution in [3.05, 3.63) is 23.4 Å². The van der Waals surface area contributed by atoms with Gasteiger partial charge in [0.2, 0.25) is 0 Å². The summed E-state index contributed by atoms with van der Waals surface area (Å²) in [6.07, 6.45) is 7.68. The summed E-state index contributed by atoms with van der Waals surface area (Å²) in [5.41, 5.74) is 3.15. The SMILES string of the molecule is C/C=C(/C=C(C)C)N=C(CO)C1CCC1. The lowest BCUT2D eigenvalue weighted by Gasteiger charge is -2.26. The maximum atomic E-state index is 9.26. The Morgan fingerprint density at radius 2 is 2.07 bits per heavy atom. The molecule has 0 atom stereocenters. The predicted molar refractivity (Wildman–Crippen MR) is 65.0 cm³/mol. The molecule has 1 rings (SSSR count). The molecule has 1 N–H and O–H groups in total. The Morgan fingerprint density at radius 3 is 2.40 bits per heavy atom. The lowest BCUT2D eigenvalue weighted by atomic mass is 9.82. The molecule has 1 fully saturated rings. The molecule has 0 aliphatic heterocycles. The van der Waals surface area contributed by atoms with Crippen molar-refractivity contribution < 1.29 is 5.11 Å². The first-order chi connectivity index (χ1) is 7.17. The van der Waals surface area contributed by atoms with Crippen LogP contribution in [-0.4, -0.2) is 17.4 Å². The largest absolute Gasteiger partial charge is 0.390 e. The third kappa shape index (κ3) is 3.63. The highest BCUT2D eigenvalue weighted by Crippen LogP contribution is 2.28. The van der Waals surface area contributed by atoms with Gasteiger partial charge in [-0.05, 0) is 45.6 Å². The highest BCUT2D eigenvalue weighted by Gasteiger charge is 2.22. The lowest BCUT2D eigenvalue weighted by Crippen LogP contribution is -2.25. The van der Waals surface area contributed by atoms with Gasteiger partial charge in [0.05, 0.1) is 12.3 Å². The number of hydrogen-bond acceptors (Lipinski definition) is 2. The Kier molecular flexibility index (Phi) is 4.76. The molecule has 84 valence electrons. The number of aliphatic hydroxyl groups excluding tert-OH is 1. The molecule has 0 saturated heterocycles. The van der Waals surface area contributed by atoms with Crippen molar-refractivity contribution in [2.24, 2.45) is 10.9 Å². The van der Waals surface area contributed by atoms with Gasteiger partial charge in [-0.3, -0.25) is 4.99 Å². The molecule has 0 spiro atoms. The molecule has 0 aromatic carbocycles. The van der Waals surface area contributed by atoms with Crippen molar-refractivity contribution in [2.45, 2.75) is 40.0 Å². The zero-order valence-electron chi connectivity index (χ0n) is 9.95. The Hall–Kier alpha value is -0.890. The average molecular weight is 207 g/mol. The number of allylic oxidation sites excluding steroid dienone is 3. The molecule has 0 aromatic rings. The Morgan fingerprint density at radius 1 is 1.40 bits per heavy atom. The summed E-state index contributed by atoms with van der Waals surface area (Å²) in [4.78, 5) is 4.53. The molecule has 2 heteroatoms. The minimum Gasteiger partial charge on any atom is -0.390 e. The van der Waals surface area contributed by atoms with Crippen LogP contribution < -0.4 is 0 Å². The first-order valence-corrected chi connectivity index (χ1v) is 5.67. The van der Waals surface area contributed by atoms with E-state index in [0.717, 1.165) is 11.4 Å². The molecule has 0 heterocycles. The van der Waals surface area contributed by atoms with E-state index in [1.165, 1.54) is 24.8 Å². The number of aliphatic hydroxyl groups is 1. The molecule has 0 bridgehead atoms. The highest BCUT2D eigenvalue weighted by atomic mass is 16.3. The lowest BCUT2D eigenvalue weighted by molar-refractivity contribution is 0.328. The monoisotopic (exact) mass is 207 g/mol. The standard InChI is InChI=1S/C13H21NO/c1-4-12(8-10(2)3)14-13(9-15)11-6-5-7-11/h4,8,11,15H,5-7,9H2,1-3H3/b12-4-,14-13?. The fraction of sp³-hybridized carbons (Fsp3) is 0.615. The molecule has 1 saturated carbocycles. The van der Waals surface area contributed by atoms with Gasteiger partial charge in [-0.15, -0.1) is 0 Å². The van der Waals surface area contributed by atoms with Crippen molar-refractivity contribution in [1.82, 2.24) is 0 Å². The van der Waals surface area contributed by atoms with Gasteiger partial charge in [-0.2, -0.15) is 0 Å². The second-order valence-electron chi connectivity index (χ2n) is 4.32. The van der Waals surface area contributed by atoms with Gasteiger partial charge in [-0.25, -0.2) is 0 Å². The van der Waals surface area contributed by atoms with Crippen LogP contribution in [0, 0.1) is 5.92 Å². The quantitative estimate of drug-likeness (QED) is 0.557. The van der Waals surface area contributed by atoms with Gasteiger partial charge in [0.25, 0.3) is 0 Å². The van der Waals surface area contributed by atoms with Gasteiger partial charge in [0, 0.05) is 5.71 Å². The van der Waals surface area contributed by atoms with Gasteiger partial charge in [-0.1, -0.05) is 18.1 Å². The Bertz CT molecular complexity index is 292. The van der Waals surface area contributed by atoms with Crippen LogP contribution in [0.1, 0.15) is 40.0 Å². The second kappa shape index (κ2) is 5.86. The summed E-state index contributed by atoms with van der Waals surface area (Å²) in [6, 6.07) is 0. The first kappa shape index (κ1) is 12.2. The fourth-order valence-electron chi connectivity index (χ4n) is 1.64. The van der Waals surface area contributed by atoms with Crippen LogP contribution in [0.3, 0.4) is 0 Å². The number of rotatable bonds is 4. The van der Waals surface area contributed by atoms with Crippen molar-refractivity contribution in [1.29, 1.82) is 0 Å². The van der Waals surface area contributed by atoms with E-state index in [4.69, 9.17) is 0 Å². The van der Waals surface area contributed by atoms with E-state index >= 15 is 0 Å². The van der Waals surface area contributed by atoms with Crippen LogP contribution in [0.15, 0.2) is 28.4 Å². The molecule has 2 nitrogen and oxygen atoms in total. The van der Waals surface area contributed by atoms with E-state index < -0.39 is 0 Å². The summed E-state index contributed by atoms with van der Waals surface area (Å²) in [7, 11) is 0. The average Bonchev–Trinajstić information content (AvgIpc) is 2.11. The smallest absolute Gasteiger partial charge is 0.0816 e. The van der Waals surface area contributed by atoms with Crippen molar-refractivity contribution in [3.63, 3.8) is 0 Å². The van der Waals surface area contributed by atoms with Crippen LogP contribution in [0.4, 0.5) is 0 Å². The minimum absolute atomic E-state index is 0.0958. The van der Waals surface area contributed by atoms with Gasteiger partial charge < -0.3 is 5.11 Å². The molecule has 15 heavy (non-hydrogen) atoms. The summed E-state index contributed by atoms with van der Waals surface area (Å²) < 4.78 is 0. The number of nitrogens with zero attached hydrogens (tertiary/aromatic N) is 1. The second-order valence-corrected chi connectivity index (χ2v) is 4.32. The van der Waals surface area contributed by atoms with Crippen LogP contribution in [-0.2, 0) is 0 Å². The van der Waals surface area contributed by atoms with E-state index in [9.17, 15) is 5.11 Å². The third-order valence-corrected chi connectivity index (χ3v) is 2.74. The molecular weight excluding hydrogens is 186 g/mol. The zero-order chi connectivity index (χ0) is 11.3. The van der Waals surface area contributed by atoms with E-state index in [-0.39, 0.29) is 6.61 Å². The molecule has 1 aliphatic rings. The van der Waals surface area contributed by atoms with Crippen molar-refractivity contribution in [3.8, 4) is 0 Å². The van der Waals surface area contributed by atoms with E-state index in [0.29, 0.717) is 5.92 Å². The minimum atomic E-state index is 0.0958. The maximum Gasteiger partial charge on any atom is 0.0816 e. The van der Waals surface area contributed by atoms with Gasteiger partial charge >= 0.3 is 0 Å². The van der Waals surface area contributed by atoms with Gasteiger partial charge in [0.1, 0.15) is 0 Å². The molecule has 1 aliphatic carbocycles. The highest BCUT2D eigenvalue weighted by molar-refractivity contribution is 5.89. The molecular formula is C13H21NO. The third-order valence-electron chi connectivity index (χ3n) is 2.74. The van der Waals surface area contributed by atoms with Crippen LogP contribution in [0.5, 0.6) is 0 Å². The molecule has 0 radical (unpaired) electrons. The molecule has 0 amide bonds. The predicted octanol–water partition coefficient (Wildman–Crippen LogP) is 3.09. The van der Waals surface area contributed by atoms with E-state index in [1.54, 1.807) is 0 Å². The topological polar surface area (TPSA) is 32.6 Å². The fourth-order valence-corrected chi connectivity index (χ4v) is 1.64. The molecule has 0 unspecified atom stereocenters. The van der Waals surface area contributed by atoms with Gasteiger partial charge in [0.15, 0.2) is 0 Å². The van der Waals surface area contributed by atoms with Crippen LogP contribution in [0.2, 0.25) is 0 Å². The van der Waals surface area contributed by atoms with Crippen LogP contribution in [0.25, 0.3) is 0 Å². The normalized spacial score (nSPS) is 18.7. The van der Waals surface area contributed by atoms with Crippen LogP contribution >= 0.6 is 0 Å². The summed E-state index contributed by atoms with van der Waals surface area (Å²) >= 11 is 0. The van der Waals surface area contributed by atoms with Crippen molar-refractivity contribution in [2.75, 3.05) is 6.61 Å². The zero-order valence-corrected chi connectivity index (χ0v) is 9.95. The van der Waals surface area contributed by atoms with Crippen molar-refractivity contribution >= 4 is 5.71 Å². The Balaban J connectivity index is 2.76. The maximum absolute atomic E-state index is 9.26. The van der Waals surface area contributed by atoms with E-state index in [1.807, 2.05) is 19.1 Å². The first-order valence-electron chi connectivity index (χ1n) is 5.67. The summed E-state index contributed by atoms with van der Waals surface area (Å²) in [6.45, 7) is 6.19. The Labute approximate surface area is 92.4 Å². The summed E-state index contributed by atoms with van der Waals surface area (Å²) in [5, 5.41) is 9.26. The number of hydrogen-bond donors (Lipinski definition) is 1. The number of aliphatic imine (C=N–C) groups is 1. The summed E-state index contributed by atoms with van der Waals surface area (Å²) in [5.74, 6) is 0.524. The van der Waals surface area contributed by atoms with E-state index in [2.05, 4.69) is 18.8 Å². The molecule has 0 aromatic heterocycles.